The van der Waals surface area contributed by atoms with Crippen molar-refractivity contribution in [2.75, 3.05) is 25.7 Å². The van der Waals surface area contributed by atoms with E-state index in [-0.39, 0.29) is 29.1 Å². The highest BCUT2D eigenvalue weighted by Gasteiger charge is 2.37. The zero-order chi connectivity index (χ0) is 20.6. The predicted molar refractivity (Wildman–Crippen MR) is 101 cm³/mol. The van der Waals surface area contributed by atoms with E-state index in [2.05, 4.69) is 5.32 Å². The molecule has 2 heterocycles. The smallest absolute Gasteiger partial charge is 0.340 e. The van der Waals surface area contributed by atoms with Gasteiger partial charge >= 0.3 is 5.63 Å². The molecule has 9 nitrogen and oxygen atoms in total. The molecule has 0 aliphatic carbocycles. The molecule has 2 aromatic rings. The lowest BCUT2D eigenvalue weighted by Gasteiger charge is -2.16. The summed E-state index contributed by atoms with van der Waals surface area (Å²) in [6.07, 6.45) is -1.47. The molecular formula is C18H21NO8S. The van der Waals surface area contributed by atoms with Gasteiger partial charge < -0.3 is 24.3 Å². The molecule has 0 unspecified atom stereocenters. The second-order valence-electron chi connectivity index (χ2n) is 6.67. The number of fused-ring (bicyclic) bond motifs is 1. The lowest BCUT2D eigenvalue weighted by Crippen LogP contribution is -2.43. The SMILES string of the molecule is COc1ccc2c(C)c(CC(=O)N[C@@H]3CS(=O)(=O)C[C@@H]3O)c(=O)oc2c1OC. The number of methoxy groups -OCH3 is 2. The Morgan fingerprint density at radius 1 is 1.29 bits per heavy atom. The molecule has 1 aliphatic heterocycles. The summed E-state index contributed by atoms with van der Waals surface area (Å²) in [7, 11) is -0.505. The molecule has 10 heteroatoms. The summed E-state index contributed by atoms with van der Waals surface area (Å²) >= 11 is 0. The fourth-order valence-electron chi connectivity index (χ4n) is 3.36. The van der Waals surface area contributed by atoms with Crippen molar-refractivity contribution in [3.05, 3.63) is 33.7 Å². The first kappa shape index (κ1) is 20.2. The molecule has 152 valence electrons. The molecule has 1 aromatic heterocycles. The second kappa shape index (κ2) is 7.44. The Morgan fingerprint density at radius 2 is 2.00 bits per heavy atom. The number of amides is 1. The largest absolute Gasteiger partial charge is 0.493 e. The average molecular weight is 411 g/mol. The topological polar surface area (TPSA) is 132 Å². The summed E-state index contributed by atoms with van der Waals surface area (Å²) in [6, 6.07) is 2.47. The van der Waals surface area contributed by atoms with Gasteiger partial charge in [-0.2, -0.15) is 0 Å². The van der Waals surface area contributed by atoms with Crippen LogP contribution in [0, 0.1) is 6.92 Å². The average Bonchev–Trinajstić information content (AvgIpc) is 2.88. The fourth-order valence-corrected chi connectivity index (χ4v) is 5.10. The summed E-state index contributed by atoms with van der Waals surface area (Å²) in [5.74, 6) is -0.620. The van der Waals surface area contributed by atoms with Gasteiger partial charge in [-0.1, -0.05) is 0 Å². The van der Waals surface area contributed by atoms with E-state index in [1.807, 2.05) is 0 Å². The number of sulfone groups is 1. The van der Waals surface area contributed by atoms with E-state index >= 15 is 0 Å². The molecule has 1 amide bonds. The van der Waals surface area contributed by atoms with Crippen LogP contribution < -0.4 is 20.4 Å². The minimum absolute atomic E-state index is 0.146. The zero-order valence-electron chi connectivity index (χ0n) is 15.6. The number of aliphatic hydroxyl groups excluding tert-OH is 1. The van der Waals surface area contributed by atoms with E-state index in [4.69, 9.17) is 13.9 Å². The molecule has 1 aliphatic rings. The summed E-state index contributed by atoms with van der Waals surface area (Å²) in [5, 5.41) is 12.9. The van der Waals surface area contributed by atoms with Crippen LogP contribution in [-0.2, 0) is 21.1 Å². The lowest BCUT2D eigenvalue weighted by atomic mass is 10.0. The Labute approximate surface area is 161 Å². The van der Waals surface area contributed by atoms with Crippen LogP contribution >= 0.6 is 0 Å². The molecule has 0 saturated carbocycles. The van der Waals surface area contributed by atoms with Crippen LogP contribution in [-0.4, -0.2) is 57.3 Å². The van der Waals surface area contributed by atoms with Crippen LogP contribution in [0.3, 0.4) is 0 Å². The van der Waals surface area contributed by atoms with Crippen molar-refractivity contribution in [2.45, 2.75) is 25.5 Å². The molecule has 28 heavy (non-hydrogen) atoms. The minimum atomic E-state index is -3.39. The summed E-state index contributed by atoms with van der Waals surface area (Å²) in [4.78, 5) is 24.8. The molecule has 2 atom stereocenters. The number of carbonyl (C=O) groups excluding carboxylic acids is 1. The van der Waals surface area contributed by atoms with Crippen molar-refractivity contribution < 1.29 is 32.2 Å². The fraction of sp³-hybridized carbons (Fsp3) is 0.444. The molecule has 2 N–H and O–H groups in total. The van der Waals surface area contributed by atoms with Crippen LogP contribution in [0.15, 0.2) is 21.3 Å². The first-order valence-electron chi connectivity index (χ1n) is 8.52. The van der Waals surface area contributed by atoms with Crippen molar-refractivity contribution in [1.29, 1.82) is 0 Å². The van der Waals surface area contributed by atoms with Crippen molar-refractivity contribution >= 4 is 26.7 Å². The van der Waals surface area contributed by atoms with Crippen LogP contribution in [0.5, 0.6) is 11.5 Å². The van der Waals surface area contributed by atoms with Gasteiger partial charge in [0.05, 0.1) is 49.9 Å². The van der Waals surface area contributed by atoms with Gasteiger partial charge in [-0.3, -0.25) is 4.79 Å². The maximum Gasteiger partial charge on any atom is 0.340 e. The van der Waals surface area contributed by atoms with E-state index in [0.717, 1.165) is 0 Å². The quantitative estimate of drug-likeness (QED) is 0.654. The molecule has 1 saturated heterocycles. The molecular weight excluding hydrogens is 390 g/mol. The Balaban J connectivity index is 1.91. The number of nitrogens with one attached hydrogen (secondary N) is 1. The van der Waals surface area contributed by atoms with Crippen LogP contribution in [0.4, 0.5) is 0 Å². The number of benzene rings is 1. The number of aliphatic hydroxyl groups is 1. The van der Waals surface area contributed by atoms with Gasteiger partial charge in [0, 0.05) is 5.39 Å². The van der Waals surface area contributed by atoms with Gasteiger partial charge in [-0.25, -0.2) is 13.2 Å². The first-order valence-corrected chi connectivity index (χ1v) is 10.3. The second-order valence-corrected chi connectivity index (χ2v) is 8.82. The van der Waals surface area contributed by atoms with E-state index in [9.17, 15) is 23.1 Å². The standard InChI is InChI=1S/C18H21NO8S/c1-9-10-4-5-14(25-2)17(26-3)16(10)27-18(22)11(9)6-15(21)19-12-7-28(23,24)8-13(12)20/h4-5,12-13,20H,6-8H2,1-3H3,(H,19,21)/t12-,13+/m1/s1. The Bertz CT molecular complexity index is 1090. The third-order valence-electron chi connectivity index (χ3n) is 4.80. The molecule has 3 rings (SSSR count). The molecule has 0 bridgehead atoms. The van der Waals surface area contributed by atoms with E-state index in [1.54, 1.807) is 19.1 Å². The maximum absolute atomic E-state index is 12.5. The molecule has 0 spiro atoms. The summed E-state index contributed by atoms with van der Waals surface area (Å²) in [6.45, 7) is 1.68. The summed E-state index contributed by atoms with van der Waals surface area (Å²) < 4.78 is 39.0. The minimum Gasteiger partial charge on any atom is -0.493 e. The first-order chi connectivity index (χ1) is 13.2. The van der Waals surface area contributed by atoms with E-state index < -0.39 is 39.3 Å². The number of hydrogen-bond acceptors (Lipinski definition) is 8. The van der Waals surface area contributed by atoms with Crippen molar-refractivity contribution in [3.63, 3.8) is 0 Å². The third kappa shape index (κ3) is 3.69. The Hall–Kier alpha value is -2.59. The predicted octanol–water partition coefficient (Wildman–Crippen LogP) is -0.0648. The monoisotopic (exact) mass is 411 g/mol. The highest BCUT2D eigenvalue weighted by Crippen LogP contribution is 2.36. The highest BCUT2D eigenvalue weighted by atomic mass is 32.2. The Kier molecular flexibility index (Phi) is 5.35. The van der Waals surface area contributed by atoms with Crippen molar-refractivity contribution in [1.82, 2.24) is 5.32 Å². The van der Waals surface area contributed by atoms with E-state index in [1.165, 1.54) is 14.2 Å². The van der Waals surface area contributed by atoms with Crippen LogP contribution in [0.2, 0.25) is 0 Å². The van der Waals surface area contributed by atoms with Gasteiger partial charge in [-0.15, -0.1) is 0 Å². The number of hydrogen-bond donors (Lipinski definition) is 2. The molecule has 1 fully saturated rings. The number of carbonyl (C=O) groups is 1. The van der Waals surface area contributed by atoms with Crippen LogP contribution in [0.25, 0.3) is 11.0 Å². The zero-order valence-corrected chi connectivity index (χ0v) is 16.5. The van der Waals surface area contributed by atoms with Crippen LogP contribution in [0.1, 0.15) is 11.1 Å². The van der Waals surface area contributed by atoms with Crippen molar-refractivity contribution in [3.8, 4) is 11.5 Å². The normalized spacial score (nSPS) is 20.9. The third-order valence-corrected chi connectivity index (χ3v) is 6.52. The Morgan fingerprint density at radius 3 is 2.57 bits per heavy atom. The molecule has 1 aromatic carbocycles. The number of ether oxygens (including phenoxy) is 2. The van der Waals surface area contributed by atoms with Gasteiger partial charge in [0.2, 0.25) is 11.7 Å². The maximum atomic E-state index is 12.5. The summed E-state index contributed by atoms with van der Waals surface area (Å²) in [5.41, 5.74) is 0.201. The number of aryl methyl sites for hydroxylation is 1. The lowest BCUT2D eigenvalue weighted by molar-refractivity contribution is -0.121. The van der Waals surface area contributed by atoms with Gasteiger partial charge in [0.15, 0.2) is 21.2 Å². The van der Waals surface area contributed by atoms with E-state index in [0.29, 0.717) is 16.7 Å². The highest BCUT2D eigenvalue weighted by molar-refractivity contribution is 7.91. The van der Waals surface area contributed by atoms with Gasteiger partial charge in [-0.05, 0) is 24.6 Å². The molecule has 0 radical (unpaired) electrons. The van der Waals surface area contributed by atoms with Crippen molar-refractivity contribution in [2.24, 2.45) is 0 Å². The van der Waals surface area contributed by atoms with Gasteiger partial charge in [0.1, 0.15) is 0 Å². The van der Waals surface area contributed by atoms with Gasteiger partial charge in [0.25, 0.3) is 0 Å². The number of rotatable bonds is 5.